The molecule has 3 aromatic carbocycles. The number of benzene rings is 3. The van der Waals surface area contributed by atoms with Crippen LogP contribution >= 0.6 is 0 Å². The smallest absolute Gasteiger partial charge is 0.410 e. The molecule has 290 valence electrons. The molecule has 5 aromatic rings. The maximum atomic E-state index is 13.8. The van der Waals surface area contributed by atoms with E-state index in [0.29, 0.717) is 41.1 Å². The third-order valence-electron chi connectivity index (χ3n) is 10.5. The maximum absolute atomic E-state index is 13.8. The average molecular weight is 787 g/mol. The Bertz CT molecular complexity index is 2550. The predicted molar refractivity (Wildman–Crippen MR) is 212 cm³/mol. The topological polar surface area (TPSA) is 137 Å². The Balaban J connectivity index is 1.17. The third-order valence-corrected chi connectivity index (χ3v) is 13.9. The third kappa shape index (κ3) is 7.37. The molecule has 1 amide bonds. The van der Waals surface area contributed by atoms with Crippen molar-refractivity contribution in [1.82, 2.24) is 13.4 Å². The van der Waals surface area contributed by atoms with Crippen molar-refractivity contribution in [3.63, 3.8) is 0 Å². The Kier molecular flexibility index (Phi) is 9.65. The van der Waals surface area contributed by atoms with Crippen LogP contribution in [0.5, 0.6) is 11.5 Å². The second kappa shape index (κ2) is 13.9. The Morgan fingerprint density at radius 2 is 1.49 bits per heavy atom. The van der Waals surface area contributed by atoms with Crippen LogP contribution in [0.4, 0.5) is 10.5 Å². The largest absolute Gasteiger partial charge is 0.457 e. The number of aromatic nitrogens is 2. The normalized spacial score (nSPS) is 16.0. The van der Waals surface area contributed by atoms with Crippen molar-refractivity contribution < 1.29 is 31.1 Å². The van der Waals surface area contributed by atoms with Gasteiger partial charge >= 0.3 is 6.09 Å². The minimum atomic E-state index is -4.15. The summed E-state index contributed by atoms with van der Waals surface area (Å²) in [4.78, 5) is 30.4. The van der Waals surface area contributed by atoms with Crippen molar-refractivity contribution in [3.05, 3.63) is 101 Å². The van der Waals surface area contributed by atoms with Gasteiger partial charge in [-0.05, 0) is 101 Å². The molecule has 0 saturated carbocycles. The lowest BCUT2D eigenvalue weighted by atomic mass is 9.72. The highest BCUT2D eigenvalue weighted by Gasteiger charge is 2.46. The van der Waals surface area contributed by atoms with Crippen LogP contribution in [0.15, 0.2) is 99.8 Å². The van der Waals surface area contributed by atoms with E-state index < -0.39 is 31.0 Å². The van der Waals surface area contributed by atoms with Gasteiger partial charge in [0.2, 0.25) is 0 Å². The van der Waals surface area contributed by atoms with Crippen molar-refractivity contribution in [3.8, 4) is 22.6 Å². The maximum Gasteiger partial charge on any atom is 0.410 e. The fourth-order valence-corrected chi connectivity index (χ4v) is 9.59. The highest BCUT2D eigenvalue weighted by atomic mass is 32.2. The number of hydrogen-bond acceptors (Lipinski definition) is 9. The Hall–Kier alpha value is -5.08. The van der Waals surface area contributed by atoms with Crippen LogP contribution in [-0.2, 0) is 31.6 Å². The standard InChI is InChI=1S/C41H46N4O8S2/c1-7-54(48,49)32-16-17-36(52-30-12-10-29(11-13-30)44-26-41(27-44)19-22-43(23-20-41)39(47)53-40(3,4)5)34(24-32)35-25-42(6)38(46)37-33(35)18-21-45(37)55(50,51)31-14-8-28(2)9-15-31/h8-18,21,24-25H,7,19-20,22-23,26-27H2,1-6H3. The van der Waals surface area contributed by atoms with E-state index in [4.69, 9.17) is 9.47 Å². The van der Waals surface area contributed by atoms with Crippen LogP contribution < -0.4 is 15.2 Å². The number of anilines is 1. The van der Waals surface area contributed by atoms with Gasteiger partial charge in [-0.1, -0.05) is 24.6 Å². The molecule has 7 rings (SSSR count). The number of sulfone groups is 1. The summed E-state index contributed by atoms with van der Waals surface area (Å²) >= 11 is 0. The molecule has 2 aliphatic rings. The molecule has 0 aliphatic carbocycles. The molecule has 2 fully saturated rings. The highest BCUT2D eigenvalue weighted by molar-refractivity contribution is 7.91. The molecule has 0 unspecified atom stereocenters. The molecule has 4 heterocycles. The number of amides is 1. The molecule has 1 spiro atoms. The SMILES string of the molecule is CCS(=O)(=O)c1ccc(Oc2ccc(N3CC4(CCN(C(=O)OC(C)(C)C)CC4)C3)cc2)c(-c2cn(C)c(=O)c3c2ccn3S(=O)(=O)c2ccc(C)cc2)c1. The van der Waals surface area contributed by atoms with Crippen LogP contribution in [0.3, 0.4) is 0 Å². The zero-order chi connectivity index (χ0) is 39.5. The molecular weight excluding hydrogens is 741 g/mol. The van der Waals surface area contributed by atoms with Gasteiger partial charge in [-0.3, -0.25) is 4.79 Å². The zero-order valence-corrected chi connectivity index (χ0v) is 33.5. The molecular formula is C41H46N4O8S2. The number of piperidine rings is 1. The first-order valence-corrected chi connectivity index (χ1v) is 21.4. The number of hydrogen-bond donors (Lipinski definition) is 0. The number of nitrogens with zero attached hydrogens (tertiary/aromatic N) is 4. The molecule has 55 heavy (non-hydrogen) atoms. The summed E-state index contributed by atoms with van der Waals surface area (Å²) in [6.45, 7) is 12.2. The number of rotatable bonds is 8. The second-order valence-corrected chi connectivity index (χ2v) is 19.7. The van der Waals surface area contributed by atoms with Crippen molar-refractivity contribution >= 4 is 42.5 Å². The van der Waals surface area contributed by atoms with E-state index in [1.807, 2.05) is 52.0 Å². The minimum absolute atomic E-state index is 0.0311. The molecule has 2 aliphatic heterocycles. The number of aryl methyl sites for hydroxylation is 2. The van der Waals surface area contributed by atoms with E-state index in [1.54, 1.807) is 42.3 Å². The van der Waals surface area contributed by atoms with Gasteiger partial charge in [0.25, 0.3) is 15.6 Å². The van der Waals surface area contributed by atoms with E-state index >= 15 is 0 Å². The van der Waals surface area contributed by atoms with Crippen molar-refractivity contribution in [1.29, 1.82) is 0 Å². The molecule has 0 atom stereocenters. The quantitative estimate of drug-likeness (QED) is 0.163. The van der Waals surface area contributed by atoms with Crippen LogP contribution in [0.25, 0.3) is 22.0 Å². The van der Waals surface area contributed by atoms with E-state index in [-0.39, 0.29) is 32.6 Å². The van der Waals surface area contributed by atoms with Gasteiger partial charge in [0, 0.05) is 73.2 Å². The molecule has 0 bridgehead atoms. The number of likely N-dealkylation sites (tertiary alicyclic amines) is 1. The Morgan fingerprint density at radius 3 is 2.11 bits per heavy atom. The van der Waals surface area contributed by atoms with Crippen LogP contribution in [0.1, 0.15) is 46.1 Å². The first-order valence-electron chi connectivity index (χ1n) is 18.3. The summed E-state index contributed by atoms with van der Waals surface area (Å²) < 4.78 is 68.1. The lowest BCUT2D eigenvalue weighted by Gasteiger charge is -2.55. The van der Waals surface area contributed by atoms with E-state index in [0.717, 1.165) is 41.2 Å². The summed E-state index contributed by atoms with van der Waals surface area (Å²) in [6, 6.07) is 20.2. The minimum Gasteiger partial charge on any atom is -0.457 e. The molecule has 0 radical (unpaired) electrons. The van der Waals surface area contributed by atoms with Gasteiger partial charge in [0.15, 0.2) is 9.84 Å². The molecule has 12 nitrogen and oxygen atoms in total. The summed E-state index contributed by atoms with van der Waals surface area (Å²) in [6.07, 6.45) is 4.48. The fourth-order valence-electron chi connectivity index (χ4n) is 7.34. The first-order chi connectivity index (χ1) is 25.9. The lowest BCUT2D eigenvalue weighted by Crippen LogP contribution is -2.61. The first kappa shape index (κ1) is 38.2. The zero-order valence-electron chi connectivity index (χ0n) is 31.9. The number of carbonyl (C=O) groups excluding carboxylic acids is 1. The van der Waals surface area contributed by atoms with Gasteiger partial charge in [-0.2, -0.15) is 0 Å². The van der Waals surface area contributed by atoms with Gasteiger partial charge in [0.05, 0.1) is 15.5 Å². The Labute approximate surface area is 321 Å². The Morgan fingerprint density at radius 1 is 0.855 bits per heavy atom. The summed E-state index contributed by atoms with van der Waals surface area (Å²) in [5.41, 5.74) is 1.77. The molecule has 14 heteroatoms. The average Bonchev–Trinajstić information content (AvgIpc) is 3.59. The fraction of sp³-hybridized carbons (Fsp3) is 0.366. The van der Waals surface area contributed by atoms with Crippen LogP contribution in [-0.4, -0.2) is 73.9 Å². The van der Waals surface area contributed by atoms with E-state index in [9.17, 15) is 26.4 Å². The van der Waals surface area contributed by atoms with Gasteiger partial charge in [-0.25, -0.2) is 25.6 Å². The predicted octanol–water partition coefficient (Wildman–Crippen LogP) is 6.98. The van der Waals surface area contributed by atoms with Crippen LogP contribution in [0, 0.1) is 12.3 Å². The number of fused-ring (bicyclic) bond motifs is 1. The molecule has 2 aromatic heterocycles. The number of pyridine rings is 1. The summed E-state index contributed by atoms with van der Waals surface area (Å²) in [5.74, 6) is 0.719. The number of carbonyl (C=O) groups is 1. The second-order valence-electron chi connectivity index (χ2n) is 15.6. The summed E-state index contributed by atoms with van der Waals surface area (Å²) in [7, 11) is -6.27. The van der Waals surface area contributed by atoms with Gasteiger partial charge < -0.3 is 23.8 Å². The van der Waals surface area contributed by atoms with Gasteiger partial charge in [0.1, 0.15) is 22.6 Å². The number of ether oxygens (including phenoxy) is 2. The monoisotopic (exact) mass is 786 g/mol. The molecule has 0 N–H and O–H groups in total. The van der Waals surface area contributed by atoms with Crippen molar-refractivity contribution in [2.24, 2.45) is 12.5 Å². The van der Waals surface area contributed by atoms with Crippen LogP contribution in [0.2, 0.25) is 0 Å². The van der Waals surface area contributed by atoms with Gasteiger partial charge in [-0.15, -0.1) is 0 Å². The van der Waals surface area contributed by atoms with E-state index in [2.05, 4.69) is 4.90 Å². The van der Waals surface area contributed by atoms with Crippen molar-refractivity contribution in [2.75, 3.05) is 36.8 Å². The lowest BCUT2D eigenvalue weighted by molar-refractivity contribution is 0.00597. The molecule has 2 saturated heterocycles. The van der Waals surface area contributed by atoms with E-state index in [1.165, 1.54) is 42.1 Å². The summed E-state index contributed by atoms with van der Waals surface area (Å²) in [5, 5.41) is 0.327. The van der Waals surface area contributed by atoms with Crippen molar-refractivity contribution in [2.45, 2.75) is 62.9 Å². The highest BCUT2D eigenvalue weighted by Crippen LogP contribution is 2.44.